The summed E-state index contributed by atoms with van der Waals surface area (Å²) in [6, 6.07) is 12.3. The van der Waals surface area contributed by atoms with Gasteiger partial charge in [0.25, 0.3) is 11.7 Å². The Labute approximate surface area is 178 Å². The minimum atomic E-state index is -0.644. The van der Waals surface area contributed by atoms with Crippen molar-refractivity contribution in [1.82, 2.24) is 4.90 Å². The average molecular weight is 474 g/mol. The summed E-state index contributed by atoms with van der Waals surface area (Å²) in [6.45, 7) is 2.29. The summed E-state index contributed by atoms with van der Waals surface area (Å²) < 4.78 is 0.868. The number of rotatable bonds is 4. The standard InChI is InChI=1S/C21H16BrNO3S2/c1-12-8-10-28-20(12)17-16(18(24)13-4-6-14(22)7-5-13)19(25)21(26)23(17)11-15-3-2-9-27-15/h2-10,17,24H,11H2,1H3/b18-16-. The SMILES string of the molecule is Cc1ccsc1C1/C(=C(/O)c2ccc(Br)cc2)C(=O)C(=O)N1Cc1cccs1. The van der Waals surface area contributed by atoms with E-state index >= 15 is 0 Å². The maximum atomic E-state index is 12.9. The van der Waals surface area contributed by atoms with Crippen LogP contribution in [0.5, 0.6) is 0 Å². The first-order valence-electron chi connectivity index (χ1n) is 8.58. The number of aliphatic hydroxyl groups is 1. The molecule has 1 aliphatic rings. The Morgan fingerprint density at radius 3 is 2.46 bits per heavy atom. The molecule has 2 aromatic heterocycles. The molecule has 1 fully saturated rings. The van der Waals surface area contributed by atoms with Crippen LogP contribution >= 0.6 is 38.6 Å². The van der Waals surface area contributed by atoms with Crippen molar-refractivity contribution in [3.63, 3.8) is 0 Å². The number of likely N-dealkylation sites (tertiary alicyclic amines) is 1. The summed E-state index contributed by atoms with van der Waals surface area (Å²) >= 11 is 6.40. The van der Waals surface area contributed by atoms with Gasteiger partial charge in [-0.3, -0.25) is 9.59 Å². The van der Waals surface area contributed by atoms with E-state index in [0.717, 1.165) is 19.8 Å². The Balaban J connectivity index is 1.87. The smallest absolute Gasteiger partial charge is 0.296 e. The number of carbonyl (C=O) groups excluding carboxylic acids is 2. The van der Waals surface area contributed by atoms with E-state index in [9.17, 15) is 14.7 Å². The maximum absolute atomic E-state index is 12.9. The van der Waals surface area contributed by atoms with Gasteiger partial charge in [0.15, 0.2) is 0 Å². The van der Waals surface area contributed by atoms with E-state index in [-0.39, 0.29) is 11.3 Å². The first-order chi connectivity index (χ1) is 13.5. The number of hydrogen-bond acceptors (Lipinski definition) is 5. The fourth-order valence-corrected chi connectivity index (χ4v) is 5.33. The predicted octanol–water partition coefficient (Wildman–Crippen LogP) is 5.50. The Kier molecular flexibility index (Phi) is 5.23. The molecule has 7 heteroatoms. The topological polar surface area (TPSA) is 57.6 Å². The van der Waals surface area contributed by atoms with E-state index in [1.165, 1.54) is 22.7 Å². The van der Waals surface area contributed by atoms with E-state index in [2.05, 4.69) is 15.9 Å². The van der Waals surface area contributed by atoms with Crippen LogP contribution in [-0.2, 0) is 16.1 Å². The van der Waals surface area contributed by atoms with Crippen molar-refractivity contribution < 1.29 is 14.7 Å². The molecule has 142 valence electrons. The molecule has 0 bridgehead atoms. The summed E-state index contributed by atoms with van der Waals surface area (Å²) in [7, 11) is 0. The lowest BCUT2D eigenvalue weighted by Crippen LogP contribution is -2.28. The summed E-state index contributed by atoms with van der Waals surface area (Å²) in [6.07, 6.45) is 0. The van der Waals surface area contributed by atoms with E-state index in [1.54, 1.807) is 29.2 Å². The number of amides is 1. The average Bonchev–Trinajstić information content (AvgIpc) is 3.39. The lowest BCUT2D eigenvalue weighted by Gasteiger charge is -2.24. The van der Waals surface area contributed by atoms with Crippen molar-refractivity contribution in [2.75, 3.05) is 0 Å². The highest BCUT2D eigenvalue weighted by molar-refractivity contribution is 9.10. The number of halogens is 1. The van der Waals surface area contributed by atoms with Crippen molar-refractivity contribution in [2.24, 2.45) is 0 Å². The van der Waals surface area contributed by atoms with Crippen molar-refractivity contribution in [3.8, 4) is 0 Å². The lowest BCUT2D eigenvalue weighted by atomic mass is 9.98. The molecule has 4 rings (SSSR count). The van der Waals surface area contributed by atoms with Gasteiger partial charge in [-0.1, -0.05) is 34.1 Å². The van der Waals surface area contributed by atoms with Crippen LogP contribution < -0.4 is 0 Å². The highest BCUT2D eigenvalue weighted by Crippen LogP contribution is 2.43. The van der Waals surface area contributed by atoms with Gasteiger partial charge < -0.3 is 10.0 Å². The molecule has 0 saturated carbocycles. The van der Waals surface area contributed by atoms with Gasteiger partial charge in [0.2, 0.25) is 0 Å². The number of carbonyl (C=O) groups is 2. The molecule has 3 aromatic rings. The molecule has 0 radical (unpaired) electrons. The van der Waals surface area contributed by atoms with Gasteiger partial charge in [0.05, 0.1) is 12.1 Å². The zero-order valence-corrected chi connectivity index (χ0v) is 18.1. The first kappa shape index (κ1) is 19.1. The van der Waals surface area contributed by atoms with Crippen LogP contribution in [0.1, 0.15) is 26.9 Å². The quantitative estimate of drug-likeness (QED) is 0.309. The molecule has 28 heavy (non-hydrogen) atoms. The van der Waals surface area contributed by atoms with Gasteiger partial charge in [-0.05, 0) is 47.5 Å². The number of aryl methyl sites for hydroxylation is 1. The highest BCUT2D eigenvalue weighted by atomic mass is 79.9. The van der Waals surface area contributed by atoms with E-state index in [4.69, 9.17) is 0 Å². The molecule has 0 spiro atoms. The summed E-state index contributed by atoms with van der Waals surface area (Å²) in [5.41, 5.74) is 1.65. The van der Waals surface area contributed by atoms with Crippen molar-refractivity contribution in [2.45, 2.75) is 19.5 Å². The molecule has 1 unspecified atom stereocenters. The third kappa shape index (κ3) is 3.34. The van der Waals surface area contributed by atoms with Crippen LogP contribution in [0.15, 0.2) is 63.3 Å². The monoisotopic (exact) mass is 473 g/mol. The molecular weight excluding hydrogens is 458 g/mol. The number of Topliss-reactive ketones (excluding diaryl/α,β-unsaturated/α-hetero) is 1. The molecule has 1 atom stereocenters. The summed E-state index contributed by atoms with van der Waals surface area (Å²) in [5.74, 6) is -1.36. The van der Waals surface area contributed by atoms with Crippen LogP contribution in [0, 0.1) is 6.92 Å². The first-order valence-corrected chi connectivity index (χ1v) is 11.1. The zero-order valence-electron chi connectivity index (χ0n) is 14.9. The van der Waals surface area contributed by atoms with Gasteiger partial charge in [-0.25, -0.2) is 0 Å². The van der Waals surface area contributed by atoms with Crippen LogP contribution in [0.2, 0.25) is 0 Å². The maximum Gasteiger partial charge on any atom is 0.296 e. The Morgan fingerprint density at radius 1 is 1.11 bits per heavy atom. The zero-order chi connectivity index (χ0) is 19.8. The third-order valence-electron chi connectivity index (χ3n) is 4.71. The number of benzene rings is 1. The van der Waals surface area contributed by atoms with Crippen LogP contribution in [0.25, 0.3) is 5.76 Å². The Bertz CT molecular complexity index is 1070. The minimum absolute atomic E-state index is 0.141. The number of thiophene rings is 2. The van der Waals surface area contributed by atoms with Crippen molar-refractivity contribution >= 4 is 56.1 Å². The second-order valence-electron chi connectivity index (χ2n) is 6.48. The minimum Gasteiger partial charge on any atom is -0.507 e. The van der Waals surface area contributed by atoms with Crippen molar-refractivity contribution in [3.05, 3.63) is 84.2 Å². The third-order valence-corrected chi connectivity index (χ3v) is 7.18. The second-order valence-corrected chi connectivity index (χ2v) is 9.38. The van der Waals surface area contributed by atoms with E-state index < -0.39 is 17.7 Å². The van der Waals surface area contributed by atoms with Gasteiger partial charge in [0, 0.05) is 19.8 Å². The Morgan fingerprint density at radius 2 is 1.86 bits per heavy atom. The fourth-order valence-electron chi connectivity index (χ4n) is 3.31. The number of hydrogen-bond donors (Lipinski definition) is 1. The fraction of sp³-hybridized carbons (Fsp3) is 0.143. The molecular formula is C21H16BrNO3S2. The summed E-state index contributed by atoms with van der Waals surface area (Å²) in [5, 5.41) is 14.9. The van der Waals surface area contributed by atoms with E-state index in [0.29, 0.717) is 12.1 Å². The molecule has 4 nitrogen and oxygen atoms in total. The summed E-state index contributed by atoms with van der Waals surface area (Å²) in [4.78, 5) is 29.3. The van der Waals surface area contributed by atoms with Crippen molar-refractivity contribution in [1.29, 1.82) is 0 Å². The predicted molar refractivity (Wildman–Crippen MR) is 115 cm³/mol. The second kappa shape index (κ2) is 7.66. The number of aliphatic hydroxyl groups excluding tert-OH is 1. The Hall–Kier alpha value is -2.22. The molecule has 1 aliphatic heterocycles. The van der Waals surface area contributed by atoms with Gasteiger partial charge >= 0.3 is 0 Å². The van der Waals surface area contributed by atoms with Gasteiger partial charge in [0.1, 0.15) is 11.8 Å². The highest BCUT2D eigenvalue weighted by Gasteiger charge is 2.47. The van der Waals surface area contributed by atoms with Gasteiger partial charge in [-0.15, -0.1) is 22.7 Å². The molecule has 3 heterocycles. The largest absolute Gasteiger partial charge is 0.507 e. The normalized spacial score (nSPS) is 18.8. The lowest BCUT2D eigenvalue weighted by molar-refractivity contribution is -0.140. The van der Waals surface area contributed by atoms with E-state index in [1.807, 2.05) is 35.9 Å². The van der Waals surface area contributed by atoms with Crippen LogP contribution in [0.3, 0.4) is 0 Å². The molecule has 0 aliphatic carbocycles. The number of nitrogens with zero attached hydrogens (tertiary/aromatic N) is 1. The molecule has 1 amide bonds. The van der Waals surface area contributed by atoms with Crippen LogP contribution in [0.4, 0.5) is 0 Å². The van der Waals surface area contributed by atoms with Gasteiger partial charge in [-0.2, -0.15) is 0 Å². The number of ketones is 1. The molecule has 1 N–H and O–H groups in total. The molecule has 1 aromatic carbocycles. The van der Waals surface area contributed by atoms with Crippen LogP contribution in [-0.4, -0.2) is 21.7 Å². The molecule has 1 saturated heterocycles.